The molecule has 0 amide bonds. The molecule has 4 rings (SSSR count). The average molecular weight is 391 g/mol. The van der Waals surface area contributed by atoms with Crippen molar-refractivity contribution in [1.29, 1.82) is 0 Å². The highest BCUT2D eigenvalue weighted by molar-refractivity contribution is 6.15. The van der Waals surface area contributed by atoms with Gasteiger partial charge in [-0.15, -0.1) is 0 Å². The van der Waals surface area contributed by atoms with Crippen molar-refractivity contribution in [2.24, 2.45) is 0 Å². The summed E-state index contributed by atoms with van der Waals surface area (Å²) in [7, 11) is 2.77. The van der Waals surface area contributed by atoms with Gasteiger partial charge in [-0.3, -0.25) is 4.79 Å². The second kappa shape index (κ2) is 7.55. The fourth-order valence-electron chi connectivity index (χ4n) is 3.25. The maximum Gasteiger partial charge on any atom is 0.355 e. The van der Waals surface area contributed by atoms with Crippen molar-refractivity contribution in [3.05, 3.63) is 77.0 Å². The number of rotatable bonds is 5. The molecule has 1 aliphatic heterocycles. The van der Waals surface area contributed by atoms with Gasteiger partial charge in [0.05, 0.1) is 19.8 Å². The SMILES string of the molecule is COC(=O)C1=C(C(=O)c2cccc(OC)c2)[C@@H](c2ccccc2)n2nnnc2N1. The first-order valence-corrected chi connectivity index (χ1v) is 8.75. The largest absolute Gasteiger partial charge is 0.497 e. The van der Waals surface area contributed by atoms with E-state index in [2.05, 4.69) is 20.8 Å². The number of ether oxygens (including phenoxy) is 2. The lowest BCUT2D eigenvalue weighted by molar-refractivity contribution is -0.136. The molecule has 0 bridgehead atoms. The van der Waals surface area contributed by atoms with Gasteiger partial charge in [0, 0.05) is 5.56 Å². The van der Waals surface area contributed by atoms with Crippen LogP contribution in [0.3, 0.4) is 0 Å². The molecule has 0 spiro atoms. The third kappa shape index (κ3) is 3.22. The molecule has 29 heavy (non-hydrogen) atoms. The van der Waals surface area contributed by atoms with Crippen LogP contribution in [0.1, 0.15) is 22.0 Å². The summed E-state index contributed by atoms with van der Waals surface area (Å²) < 4.78 is 11.6. The number of Topliss-reactive ketones (excluding diaryl/α,β-unsaturated/α-hetero) is 1. The van der Waals surface area contributed by atoms with Crippen LogP contribution in [-0.2, 0) is 9.53 Å². The van der Waals surface area contributed by atoms with Crippen LogP contribution in [0.4, 0.5) is 5.95 Å². The van der Waals surface area contributed by atoms with Crippen LogP contribution >= 0.6 is 0 Å². The molecule has 0 aliphatic carbocycles. The molecule has 0 unspecified atom stereocenters. The van der Waals surface area contributed by atoms with Crippen LogP contribution in [0.2, 0.25) is 0 Å². The van der Waals surface area contributed by atoms with Gasteiger partial charge in [0.25, 0.3) is 0 Å². The minimum Gasteiger partial charge on any atom is -0.497 e. The highest BCUT2D eigenvalue weighted by atomic mass is 16.5. The Hall–Kier alpha value is -4.01. The highest BCUT2D eigenvalue weighted by Crippen LogP contribution is 2.36. The van der Waals surface area contributed by atoms with Crippen molar-refractivity contribution in [1.82, 2.24) is 20.2 Å². The second-order valence-corrected chi connectivity index (χ2v) is 6.23. The fourth-order valence-corrected chi connectivity index (χ4v) is 3.25. The molecule has 2 heterocycles. The van der Waals surface area contributed by atoms with Gasteiger partial charge in [0.2, 0.25) is 5.95 Å². The van der Waals surface area contributed by atoms with E-state index in [1.54, 1.807) is 24.3 Å². The van der Waals surface area contributed by atoms with Gasteiger partial charge >= 0.3 is 5.97 Å². The third-order valence-electron chi connectivity index (χ3n) is 4.60. The minimum absolute atomic E-state index is 0.00327. The number of nitrogens with zero attached hydrogens (tertiary/aromatic N) is 4. The number of benzene rings is 2. The zero-order valence-electron chi connectivity index (χ0n) is 15.7. The van der Waals surface area contributed by atoms with Gasteiger partial charge < -0.3 is 14.8 Å². The van der Waals surface area contributed by atoms with Gasteiger partial charge in [0.15, 0.2) is 5.78 Å². The van der Waals surface area contributed by atoms with Gasteiger partial charge in [-0.1, -0.05) is 47.6 Å². The smallest absolute Gasteiger partial charge is 0.355 e. The van der Waals surface area contributed by atoms with Crippen LogP contribution < -0.4 is 10.1 Å². The highest BCUT2D eigenvalue weighted by Gasteiger charge is 2.38. The molecule has 146 valence electrons. The van der Waals surface area contributed by atoms with Gasteiger partial charge in [-0.25, -0.2) is 4.79 Å². The molecule has 9 nitrogen and oxygen atoms in total. The van der Waals surface area contributed by atoms with E-state index in [0.29, 0.717) is 11.3 Å². The average Bonchev–Trinajstić information content (AvgIpc) is 3.25. The van der Waals surface area contributed by atoms with Crippen LogP contribution in [0.25, 0.3) is 0 Å². The Kier molecular flexibility index (Phi) is 4.78. The Balaban J connectivity index is 1.94. The third-order valence-corrected chi connectivity index (χ3v) is 4.60. The van der Waals surface area contributed by atoms with Gasteiger partial charge in [-0.05, 0) is 28.1 Å². The maximum absolute atomic E-state index is 13.6. The first kappa shape index (κ1) is 18.4. The Morgan fingerprint density at radius 3 is 2.59 bits per heavy atom. The summed E-state index contributed by atoms with van der Waals surface area (Å²) in [6.07, 6.45) is 0. The van der Waals surface area contributed by atoms with E-state index >= 15 is 0 Å². The Labute approximate surface area is 165 Å². The predicted molar refractivity (Wildman–Crippen MR) is 102 cm³/mol. The fraction of sp³-hybridized carbons (Fsp3) is 0.150. The molecule has 0 saturated heterocycles. The second-order valence-electron chi connectivity index (χ2n) is 6.23. The summed E-state index contributed by atoms with van der Waals surface area (Å²) in [6, 6.07) is 15.2. The van der Waals surface area contributed by atoms with Crippen molar-refractivity contribution in [3.8, 4) is 5.75 Å². The van der Waals surface area contributed by atoms with E-state index in [4.69, 9.17) is 9.47 Å². The lowest BCUT2D eigenvalue weighted by atomic mass is 9.89. The summed E-state index contributed by atoms with van der Waals surface area (Å²) in [5.74, 6) is -0.293. The van der Waals surface area contributed by atoms with Crippen molar-refractivity contribution >= 4 is 17.7 Å². The number of methoxy groups -OCH3 is 2. The molecule has 2 aromatic carbocycles. The van der Waals surface area contributed by atoms with E-state index < -0.39 is 12.0 Å². The quantitative estimate of drug-likeness (QED) is 0.520. The van der Waals surface area contributed by atoms with Crippen molar-refractivity contribution in [3.63, 3.8) is 0 Å². The molecule has 1 atom stereocenters. The summed E-state index contributed by atoms with van der Waals surface area (Å²) in [5, 5.41) is 14.5. The minimum atomic E-state index is -0.713. The maximum atomic E-state index is 13.6. The number of hydrogen-bond donors (Lipinski definition) is 1. The summed E-state index contributed by atoms with van der Waals surface area (Å²) in [4.78, 5) is 26.1. The summed E-state index contributed by atoms with van der Waals surface area (Å²) >= 11 is 0. The molecular weight excluding hydrogens is 374 g/mol. The van der Waals surface area contributed by atoms with E-state index in [0.717, 1.165) is 5.56 Å². The normalized spacial score (nSPS) is 15.3. The standard InChI is InChI=1S/C20H17N5O4/c1-28-14-10-6-9-13(11-14)18(26)15-16(19(27)29-2)21-20-22-23-24-25(20)17(15)12-7-4-3-5-8-12/h3-11,17H,1-2H3,(H,21,22,24)/t17-/m1/s1. The van der Waals surface area contributed by atoms with Gasteiger partial charge in [0.1, 0.15) is 17.5 Å². The number of aromatic nitrogens is 4. The Bertz CT molecular complexity index is 1110. The lowest BCUT2D eigenvalue weighted by Gasteiger charge is -2.28. The predicted octanol–water partition coefficient (Wildman–Crippen LogP) is 2.01. The van der Waals surface area contributed by atoms with Crippen molar-refractivity contribution in [2.45, 2.75) is 6.04 Å². The van der Waals surface area contributed by atoms with Crippen LogP contribution in [0.5, 0.6) is 5.75 Å². The zero-order valence-corrected chi connectivity index (χ0v) is 15.7. The molecule has 0 saturated carbocycles. The number of tetrazole rings is 1. The van der Waals surface area contributed by atoms with Crippen LogP contribution in [0, 0.1) is 0 Å². The van der Waals surface area contributed by atoms with Gasteiger partial charge in [-0.2, -0.15) is 4.68 Å². The Morgan fingerprint density at radius 1 is 1.07 bits per heavy atom. The van der Waals surface area contributed by atoms with Crippen molar-refractivity contribution in [2.75, 3.05) is 19.5 Å². The number of hydrogen-bond acceptors (Lipinski definition) is 8. The molecule has 0 radical (unpaired) electrons. The molecule has 1 aliphatic rings. The van der Waals surface area contributed by atoms with Crippen molar-refractivity contribution < 1.29 is 19.1 Å². The van der Waals surface area contributed by atoms with Crippen LogP contribution in [-0.4, -0.2) is 46.2 Å². The Morgan fingerprint density at radius 2 is 1.86 bits per heavy atom. The molecule has 1 N–H and O–H groups in total. The topological polar surface area (TPSA) is 108 Å². The first-order valence-electron chi connectivity index (χ1n) is 8.75. The van der Waals surface area contributed by atoms with E-state index in [1.807, 2.05) is 30.3 Å². The monoisotopic (exact) mass is 391 g/mol. The van der Waals surface area contributed by atoms with E-state index in [1.165, 1.54) is 18.9 Å². The van der Waals surface area contributed by atoms with E-state index in [-0.39, 0.29) is 23.0 Å². The number of fused-ring (bicyclic) bond motifs is 1. The summed E-state index contributed by atoms with van der Waals surface area (Å²) in [6.45, 7) is 0. The number of carbonyl (C=O) groups excluding carboxylic acids is 2. The molecule has 1 aromatic heterocycles. The molecule has 3 aromatic rings. The molecular formula is C20H17N5O4. The number of esters is 1. The van der Waals surface area contributed by atoms with E-state index in [9.17, 15) is 9.59 Å². The van der Waals surface area contributed by atoms with Crippen LogP contribution in [0.15, 0.2) is 65.9 Å². The zero-order chi connectivity index (χ0) is 20.4. The number of nitrogens with one attached hydrogen (secondary N) is 1. The number of anilines is 1. The summed E-state index contributed by atoms with van der Waals surface area (Å²) in [5.41, 5.74) is 1.28. The molecule has 9 heteroatoms. The first-order chi connectivity index (χ1) is 14.1. The number of carbonyl (C=O) groups is 2. The number of allylic oxidation sites excluding steroid dienone is 1. The lowest BCUT2D eigenvalue weighted by Crippen LogP contribution is -2.32. The number of ketones is 1. The molecule has 0 fully saturated rings.